The molecule has 0 aliphatic carbocycles. The van der Waals surface area contributed by atoms with E-state index >= 15 is 0 Å². The highest BCUT2D eigenvalue weighted by atomic mass is 35.5. The number of rotatable bonds is 2. The Kier molecular flexibility index (Phi) is 4.04. The van der Waals surface area contributed by atoms with Crippen LogP contribution in [0.15, 0.2) is 46.8 Å². The van der Waals surface area contributed by atoms with Gasteiger partial charge in [-0.3, -0.25) is 4.40 Å². The number of aromatic nitrogens is 2. The lowest BCUT2D eigenvalue weighted by molar-refractivity contribution is -0.137. The SMILES string of the molecule is Cc1ccc(N=Nc2c(C)nc3ccc(C(F)(F)F)cn23)cc1Cl. The predicted octanol–water partition coefficient (Wildman–Crippen LogP) is 6.04. The van der Waals surface area contributed by atoms with Gasteiger partial charge in [-0.2, -0.15) is 13.2 Å². The van der Waals surface area contributed by atoms with Crippen LogP contribution in [0.25, 0.3) is 5.65 Å². The molecule has 4 nitrogen and oxygen atoms in total. The molecule has 0 spiro atoms. The summed E-state index contributed by atoms with van der Waals surface area (Å²) >= 11 is 6.03. The number of halogens is 4. The van der Waals surface area contributed by atoms with Crippen molar-refractivity contribution in [2.75, 3.05) is 0 Å². The summed E-state index contributed by atoms with van der Waals surface area (Å²) in [5.41, 5.74) is 1.48. The first-order valence-electron chi connectivity index (χ1n) is 6.99. The van der Waals surface area contributed by atoms with Crippen molar-refractivity contribution >= 4 is 28.8 Å². The molecule has 1 aromatic carbocycles. The quantitative estimate of drug-likeness (QED) is 0.518. The maximum Gasteiger partial charge on any atom is 0.417 e. The minimum atomic E-state index is -4.44. The third kappa shape index (κ3) is 3.12. The molecule has 0 aliphatic rings. The fraction of sp³-hybridized carbons (Fsp3) is 0.188. The lowest BCUT2D eigenvalue weighted by Crippen LogP contribution is -2.06. The summed E-state index contributed by atoms with van der Waals surface area (Å²) < 4.78 is 39.9. The molecule has 124 valence electrons. The molecule has 0 bridgehead atoms. The Labute approximate surface area is 140 Å². The zero-order valence-electron chi connectivity index (χ0n) is 12.8. The van der Waals surface area contributed by atoms with Gasteiger partial charge in [-0.1, -0.05) is 17.7 Å². The van der Waals surface area contributed by atoms with Crippen molar-refractivity contribution in [1.29, 1.82) is 0 Å². The van der Waals surface area contributed by atoms with Crippen LogP contribution in [-0.2, 0) is 6.18 Å². The largest absolute Gasteiger partial charge is 0.417 e. The molecular weight excluding hydrogens is 341 g/mol. The average Bonchev–Trinajstić information content (AvgIpc) is 2.82. The predicted molar refractivity (Wildman–Crippen MR) is 85.3 cm³/mol. The van der Waals surface area contributed by atoms with E-state index in [1.807, 2.05) is 6.92 Å². The van der Waals surface area contributed by atoms with Crippen LogP contribution >= 0.6 is 11.6 Å². The Hall–Kier alpha value is -2.41. The topological polar surface area (TPSA) is 42.0 Å². The molecule has 0 atom stereocenters. The number of aryl methyl sites for hydroxylation is 2. The number of pyridine rings is 1. The molecule has 24 heavy (non-hydrogen) atoms. The molecule has 0 unspecified atom stereocenters. The van der Waals surface area contributed by atoms with Crippen LogP contribution in [-0.4, -0.2) is 9.38 Å². The van der Waals surface area contributed by atoms with E-state index in [4.69, 9.17) is 11.6 Å². The van der Waals surface area contributed by atoms with Gasteiger partial charge >= 0.3 is 6.18 Å². The van der Waals surface area contributed by atoms with Gasteiger partial charge in [0.2, 0.25) is 0 Å². The van der Waals surface area contributed by atoms with Gasteiger partial charge in [0.1, 0.15) is 5.65 Å². The summed E-state index contributed by atoms with van der Waals surface area (Å²) in [7, 11) is 0. The summed E-state index contributed by atoms with van der Waals surface area (Å²) in [6.45, 7) is 3.52. The summed E-state index contributed by atoms with van der Waals surface area (Å²) in [6.07, 6.45) is -3.48. The number of alkyl halides is 3. The van der Waals surface area contributed by atoms with E-state index < -0.39 is 11.7 Å². The molecule has 0 fully saturated rings. The number of imidazole rings is 1. The second-order valence-corrected chi connectivity index (χ2v) is 5.71. The van der Waals surface area contributed by atoms with Gasteiger partial charge in [-0.05, 0) is 43.7 Å². The summed E-state index contributed by atoms with van der Waals surface area (Å²) in [4.78, 5) is 4.20. The molecule has 3 rings (SSSR count). The molecule has 0 aliphatic heterocycles. The van der Waals surface area contributed by atoms with Gasteiger partial charge in [0, 0.05) is 11.2 Å². The van der Waals surface area contributed by atoms with Crippen molar-refractivity contribution in [2.45, 2.75) is 20.0 Å². The Morgan fingerprint density at radius 2 is 1.83 bits per heavy atom. The van der Waals surface area contributed by atoms with Crippen LogP contribution in [0.5, 0.6) is 0 Å². The van der Waals surface area contributed by atoms with Gasteiger partial charge in [0.15, 0.2) is 5.82 Å². The van der Waals surface area contributed by atoms with E-state index in [0.29, 0.717) is 22.1 Å². The normalized spacial score (nSPS) is 12.4. The lowest BCUT2D eigenvalue weighted by Gasteiger charge is -2.06. The van der Waals surface area contributed by atoms with Gasteiger partial charge in [0.25, 0.3) is 0 Å². The van der Waals surface area contributed by atoms with Crippen LogP contribution in [0, 0.1) is 13.8 Å². The molecule has 8 heteroatoms. The molecule has 0 amide bonds. The summed E-state index contributed by atoms with van der Waals surface area (Å²) in [5.74, 6) is 0.243. The molecular formula is C16H12ClF3N4. The molecule has 0 saturated heterocycles. The highest BCUT2D eigenvalue weighted by Gasteiger charge is 2.31. The minimum absolute atomic E-state index is 0.243. The molecule has 2 aromatic heterocycles. The fourth-order valence-electron chi connectivity index (χ4n) is 2.19. The first-order chi connectivity index (χ1) is 11.3. The fourth-order valence-corrected chi connectivity index (χ4v) is 2.36. The molecule has 0 N–H and O–H groups in total. The number of nitrogens with zero attached hydrogens (tertiary/aromatic N) is 4. The molecule has 3 aromatic rings. The Morgan fingerprint density at radius 1 is 1.08 bits per heavy atom. The van der Waals surface area contributed by atoms with Crippen molar-refractivity contribution in [2.24, 2.45) is 10.2 Å². The molecule has 2 heterocycles. The van der Waals surface area contributed by atoms with E-state index in [2.05, 4.69) is 15.2 Å². The average molecular weight is 353 g/mol. The van der Waals surface area contributed by atoms with Crippen LogP contribution in [0.1, 0.15) is 16.8 Å². The maximum absolute atomic E-state index is 12.9. The number of hydrogen-bond acceptors (Lipinski definition) is 3. The number of azo groups is 1. The van der Waals surface area contributed by atoms with Crippen LogP contribution in [0.2, 0.25) is 5.02 Å². The second kappa shape index (κ2) is 5.90. The highest BCUT2D eigenvalue weighted by Crippen LogP contribution is 2.32. The highest BCUT2D eigenvalue weighted by molar-refractivity contribution is 6.31. The first-order valence-corrected chi connectivity index (χ1v) is 7.37. The Morgan fingerprint density at radius 3 is 2.50 bits per heavy atom. The van der Waals surface area contributed by atoms with Crippen molar-refractivity contribution in [3.8, 4) is 0 Å². The second-order valence-electron chi connectivity index (χ2n) is 5.30. The third-order valence-electron chi connectivity index (χ3n) is 3.50. The monoisotopic (exact) mass is 352 g/mol. The summed E-state index contributed by atoms with van der Waals surface area (Å²) in [5, 5.41) is 8.65. The molecule has 0 saturated carbocycles. The van der Waals surface area contributed by atoms with Gasteiger partial charge in [0.05, 0.1) is 16.9 Å². The van der Waals surface area contributed by atoms with Crippen molar-refractivity contribution in [3.63, 3.8) is 0 Å². The lowest BCUT2D eigenvalue weighted by atomic mass is 10.2. The van der Waals surface area contributed by atoms with E-state index in [0.717, 1.165) is 17.8 Å². The van der Waals surface area contributed by atoms with E-state index in [9.17, 15) is 13.2 Å². The number of benzene rings is 1. The van der Waals surface area contributed by atoms with Crippen LogP contribution in [0.4, 0.5) is 24.7 Å². The Bertz CT molecular complexity index is 944. The van der Waals surface area contributed by atoms with E-state index in [1.54, 1.807) is 25.1 Å². The smallest absolute Gasteiger partial charge is 0.282 e. The maximum atomic E-state index is 12.9. The van der Waals surface area contributed by atoms with E-state index in [1.165, 1.54) is 10.5 Å². The Balaban J connectivity index is 2.06. The number of fused-ring (bicyclic) bond motifs is 1. The molecule has 0 radical (unpaired) electrons. The van der Waals surface area contributed by atoms with Gasteiger partial charge in [-0.25, -0.2) is 4.98 Å². The van der Waals surface area contributed by atoms with Crippen molar-refractivity contribution < 1.29 is 13.2 Å². The minimum Gasteiger partial charge on any atom is -0.282 e. The van der Waals surface area contributed by atoms with Crippen molar-refractivity contribution in [1.82, 2.24) is 9.38 Å². The van der Waals surface area contributed by atoms with Crippen molar-refractivity contribution in [3.05, 3.63) is 58.4 Å². The third-order valence-corrected chi connectivity index (χ3v) is 3.91. The zero-order chi connectivity index (χ0) is 17.5. The van der Waals surface area contributed by atoms with Crippen LogP contribution < -0.4 is 0 Å². The van der Waals surface area contributed by atoms with Gasteiger partial charge in [-0.15, -0.1) is 10.2 Å². The first kappa shape index (κ1) is 16.4. The number of hydrogen-bond donors (Lipinski definition) is 0. The summed E-state index contributed by atoms with van der Waals surface area (Å²) in [6, 6.07) is 7.45. The van der Waals surface area contributed by atoms with Gasteiger partial charge < -0.3 is 0 Å². The zero-order valence-corrected chi connectivity index (χ0v) is 13.5. The standard InChI is InChI=1S/C16H12ClF3N4/c1-9-3-5-12(7-13(9)17)22-23-15-10(2)21-14-6-4-11(8-24(14)15)16(18,19)20/h3-8H,1-2H3. The van der Waals surface area contributed by atoms with E-state index in [-0.39, 0.29) is 5.82 Å². The van der Waals surface area contributed by atoms with Crippen LogP contribution in [0.3, 0.4) is 0 Å².